The van der Waals surface area contributed by atoms with Gasteiger partial charge in [-0.2, -0.15) is 0 Å². The lowest BCUT2D eigenvalue weighted by Gasteiger charge is -1.91. The highest BCUT2D eigenvalue weighted by molar-refractivity contribution is 7.30. The summed E-state index contributed by atoms with van der Waals surface area (Å²) in [5.41, 5.74) is 0. The van der Waals surface area contributed by atoms with Crippen LogP contribution >= 0.6 is 8.25 Å². The molecule has 2 aromatic rings. The van der Waals surface area contributed by atoms with Crippen molar-refractivity contribution in [1.29, 1.82) is 0 Å². The highest BCUT2D eigenvalue weighted by Crippen LogP contribution is 2.09. The van der Waals surface area contributed by atoms with Gasteiger partial charge in [0.05, 0.1) is 0 Å². The van der Waals surface area contributed by atoms with Gasteiger partial charge in [-0.3, -0.25) is 9.55 Å². The van der Waals surface area contributed by atoms with E-state index in [1.807, 2.05) is 30.6 Å². The molecule has 1 heterocycles. The van der Waals surface area contributed by atoms with E-state index in [9.17, 15) is 0 Å². The number of hydrogen-bond donors (Lipinski definition) is 2. The molecule has 0 aliphatic heterocycles. The van der Waals surface area contributed by atoms with Gasteiger partial charge in [-0.15, -0.1) is 0 Å². The highest BCUT2D eigenvalue weighted by atomic mass is 31.1. The maximum Gasteiger partial charge on any atom is 0.314 e. The van der Waals surface area contributed by atoms with Crippen molar-refractivity contribution in [2.45, 2.75) is 0 Å². The summed E-state index contributed by atoms with van der Waals surface area (Å²) in [6.07, 6.45) is 3.68. The SMILES string of the molecule is O=[PH](O)O.c1ccc2cnccc2c1. The number of pyridine rings is 1. The van der Waals surface area contributed by atoms with Gasteiger partial charge in [0, 0.05) is 12.4 Å². The van der Waals surface area contributed by atoms with Gasteiger partial charge in [-0.25, -0.2) is 0 Å². The van der Waals surface area contributed by atoms with Gasteiger partial charge in [0.25, 0.3) is 0 Å². The van der Waals surface area contributed by atoms with Crippen LogP contribution in [0.5, 0.6) is 0 Å². The van der Waals surface area contributed by atoms with Crippen molar-refractivity contribution < 1.29 is 14.4 Å². The zero-order valence-electron chi connectivity index (χ0n) is 7.29. The Morgan fingerprint density at radius 1 is 1.07 bits per heavy atom. The Labute approximate surface area is 81.8 Å². The summed E-state index contributed by atoms with van der Waals surface area (Å²) in [6, 6.07) is 10.2. The maximum absolute atomic E-state index is 8.74. The summed E-state index contributed by atoms with van der Waals surface area (Å²) in [5.74, 6) is 0. The number of fused-ring (bicyclic) bond motifs is 1. The van der Waals surface area contributed by atoms with Crippen molar-refractivity contribution >= 4 is 19.0 Å². The fourth-order valence-electron chi connectivity index (χ4n) is 1.03. The Hall–Kier alpha value is -1.22. The zero-order valence-corrected chi connectivity index (χ0v) is 8.29. The van der Waals surface area contributed by atoms with Crippen molar-refractivity contribution in [3.8, 4) is 0 Å². The quantitative estimate of drug-likeness (QED) is 0.649. The van der Waals surface area contributed by atoms with Crippen LogP contribution in [0.4, 0.5) is 0 Å². The molecule has 2 rings (SSSR count). The summed E-state index contributed by atoms with van der Waals surface area (Å²) in [6.45, 7) is 0. The number of rotatable bonds is 0. The predicted octanol–water partition coefficient (Wildman–Crippen LogP) is 1.60. The number of hydrogen-bond acceptors (Lipinski definition) is 2. The third-order valence-electron chi connectivity index (χ3n) is 1.55. The molecule has 14 heavy (non-hydrogen) atoms. The molecule has 0 amide bonds. The molecule has 1 aromatic heterocycles. The molecule has 0 aliphatic carbocycles. The minimum atomic E-state index is -3.13. The Bertz CT molecular complexity index is 364. The van der Waals surface area contributed by atoms with Crippen LogP contribution in [0.3, 0.4) is 0 Å². The Balaban J connectivity index is 0.000000213. The van der Waals surface area contributed by atoms with Crippen LogP contribution in [-0.2, 0) is 4.57 Å². The van der Waals surface area contributed by atoms with Gasteiger partial charge in [0.15, 0.2) is 0 Å². The van der Waals surface area contributed by atoms with Gasteiger partial charge in [0.2, 0.25) is 0 Å². The summed E-state index contributed by atoms with van der Waals surface area (Å²) in [4.78, 5) is 18.3. The molecule has 1 aromatic carbocycles. The molecule has 0 atom stereocenters. The molecular formula is C9H10NO3P. The van der Waals surface area contributed by atoms with Crippen molar-refractivity contribution in [3.05, 3.63) is 42.7 Å². The average molecular weight is 211 g/mol. The number of benzene rings is 1. The van der Waals surface area contributed by atoms with E-state index >= 15 is 0 Å². The normalized spacial score (nSPS) is 9.64. The average Bonchev–Trinajstić information content (AvgIpc) is 2.17. The molecule has 0 saturated carbocycles. The lowest BCUT2D eigenvalue weighted by atomic mass is 10.2. The first-order chi connectivity index (χ1) is 6.70. The number of aromatic nitrogens is 1. The molecule has 2 N–H and O–H groups in total. The van der Waals surface area contributed by atoms with Crippen LogP contribution in [0.1, 0.15) is 0 Å². The van der Waals surface area contributed by atoms with Gasteiger partial charge < -0.3 is 9.79 Å². The largest absolute Gasteiger partial charge is 0.326 e. The molecule has 0 saturated heterocycles. The summed E-state index contributed by atoms with van der Waals surface area (Å²) in [7, 11) is -3.13. The van der Waals surface area contributed by atoms with E-state index < -0.39 is 8.25 Å². The molecule has 0 bridgehead atoms. The fraction of sp³-hybridized carbons (Fsp3) is 0. The van der Waals surface area contributed by atoms with Crippen LogP contribution in [-0.4, -0.2) is 14.8 Å². The van der Waals surface area contributed by atoms with Crippen LogP contribution in [0, 0.1) is 0 Å². The Morgan fingerprint density at radius 3 is 2.21 bits per heavy atom. The van der Waals surface area contributed by atoms with Gasteiger partial charge in [0.1, 0.15) is 0 Å². The molecule has 4 nitrogen and oxygen atoms in total. The molecule has 0 radical (unpaired) electrons. The summed E-state index contributed by atoms with van der Waals surface area (Å²) in [5, 5.41) is 2.45. The maximum atomic E-state index is 8.74. The van der Waals surface area contributed by atoms with E-state index in [2.05, 4.69) is 17.1 Å². The zero-order chi connectivity index (χ0) is 10.4. The standard InChI is InChI=1S/C9H7N.H3O3P/c1-2-4-9-7-10-6-5-8(9)3-1;1-4(2)3/h1-7H;4H,(H2,1,2,3). The molecule has 0 unspecified atom stereocenters. The van der Waals surface area contributed by atoms with E-state index in [0.29, 0.717) is 0 Å². The van der Waals surface area contributed by atoms with Crippen LogP contribution < -0.4 is 0 Å². The van der Waals surface area contributed by atoms with Crippen molar-refractivity contribution in [3.63, 3.8) is 0 Å². The topological polar surface area (TPSA) is 70.4 Å². The minimum Gasteiger partial charge on any atom is -0.326 e. The molecule has 74 valence electrons. The first-order valence-electron chi connectivity index (χ1n) is 3.91. The van der Waals surface area contributed by atoms with Crippen molar-refractivity contribution in [1.82, 2.24) is 4.98 Å². The molecule has 0 fully saturated rings. The van der Waals surface area contributed by atoms with E-state index in [4.69, 9.17) is 14.4 Å². The van der Waals surface area contributed by atoms with E-state index in [-0.39, 0.29) is 0 Å². The van der Waals surface area contributed by atoms with E-state index in [1.54, 1.807) is 0 Å². The van der Waals surface area contributed by atoms with Crippen LogP contribution in [0.25, 0.3) is 10.8 Å². The fourth-order valence-corrected chi connectivity index (χ4v) is 1.03. The first kappa shape index (κ1) is 10.9. The smallest absolute Gasteiger partial charge is 0.314 e. The number of nitrogens with zero attached hydrogens (tertiary/aromatic N) is 1. The molecule has 0 spiro atoms. The lowest BCUT2D eigenvalue weighted by molar-refractivity contribution is 0.405. The van der Waals surface area contributed by atoms with Gasteiger partial charge in [-0.05, 0) is 16.8 Å². The third-order valence-corrected chi connectivity index (χ3v) is 1.55. The van der Waals surface area contributed by atoms with E-state index in [1.165, 1.54) is 10.8 Å². The van der Waals surface area contributed by atoms with Gasteiger partial charge in [-0.1, -0.05) is 24.3 Å². The summed E-state index contributed by atoms with van der Waals surface area (Å²) >= 11 is 0. The second kappa shape index (κ2) is 5.50. The monoisotopic (exact) mass is 211 g/mol. The second-order valence-corrected chi connectivity index (χ2v) is 3.07. The third kappa shape index (κ3) is 3.66. The molecule has 5 heteroatoms. The first-order valence-corrected chi connectivity index (χ1v) is 5.21. The molecule has 0 aliphatic rings. The Kier molecular flexibility index (Phi) is 4.26. The van der Waals surface area contributed by atoms with E-state index in [0.717, 1.165) is 0 Å². The Morgan fingerprint density at radius 2 is 1.64 bits per heavy atom. The highest BCUT2D eigenvalue weighted by Gasteiger charge is 1.86. The second-order valence-electron chi connectivity index (χ2n) is 2.51. The molecular weight excluding hydrogens is 201 g/mol. The van der Waals surface area contributed by atoms with Crippen LogP contribution in [0.15, 0.2) is 42.7 Å². The minimum absolute atomic E-state index is 1.20. The van der Waals surface area contributed by atoms with Crippen molar-refractivity contribution in [2.24, 2.45) is 0 Å². The summed E-state index contributed by atoms with van der Waals surface area (Å²) < 4.78 is 8.74. The lowest BCUT2D eigenvalue weighted by Crippen LogP contribution is -1.71. The van der Waals surface area contributed by atoms with Crippen molar-refractivity contribution in [2.75, 3.05) is 0 Å². The van der Waals surface area contributed by atoms with Crippen LogP contribution in [0.2, 0.25) is 0 Å². The van der Waals surface area contributed by atoms with Gasteiger partial charge >= 0.3 is 8.25 Å². The predicted molar refractivity (Wildman–Crippen MR) is 55.2 cm³/mol.